The molecule has 0 bridgehead atoms. The van der Waals surface area contributed by atoms with Crippen LogP contribution in [-0.4, -0.2) is 14.1 Å². The molecule has 10 aromatic rings. The molecule has 3 heterocycles. The number of imidazole rings is 1. The Morgan fingerprint density at radius 2 is 1.37 bits per heavy atom. The fraction of sp³-hybridized carbons (Fsp3) is 0.158. The minimum absolute atomic E-state index is 0.0722. The van der Waals surface area contributed by atoms with Crippen molar-refractivity contribution in [3.63, 3.8) is 0 Å². The third kappa shape index (κ3) is 7.56. The molecule has 0 unspecified atom stereocenters. The highest BCUT2D eigenvalue weighted by Crippen LogP contribution is 2.37. The van der Waals surface area contributed by atoms with Gasteiger partial charge in [-0.1, -0.05) is 155 Å². The summed E-state index contributed by atoms with van der Waals surface area (Å²) in [6.07, 6.45) is 1.53. The summed E-state index contributed by atoms with van der Waals surface area (Å²) >= 11 is 0. The van der Waals surface area contributed by atoms with Crippen molar-refractivity contribution in [3.05, 3.63) is 199 Å². The number of ether oxygens (including phenoxy) is 1. The van der Waals surface area contributed by atoms with Gasteiger partial charge in [-0.2, -0.15) is 0 Å². The maximum atomic E-state index is 9.14. The molecule has 0 aliphatic carbocycles. The highest BCUT2D eigenvalue weighted by atomic mass is 16.5. The fourth-order valence-electron chi connectivity index (χ4n) is 7.98. The predicted molar refractivity (Wildman–Crippen MR) is 255 cm³/mol. The first-order valence-corrected chi connectivity index (χ1v) is 20.4. The summed E-state index contributed by atoms with van der Waals surface area (Å²) in [5.41, 5.74) is 2.86. The van der Waals surface area contributed by atoms with Crippen LogP contribution < -0.4 is 9.30 Å². The number of aromatic nitrogens is 4. The van der Waals surface area contributed by atoms with Crippen LogP contribution in [0.25, 0.3) is 72.3 Å². The molecule has 304 valence electrons. The molecule has 5 nitrogen and oxygen atoms in total. The molecular formula is C57H50N4O. The Hall–Kier alpha value is -7.24. The van der Waals surface area contributed by atoms with E-state index in [9.17, 15) is 0 Å². The summed E-state index contributed by atoms with van der Waals surface area (Å²) in [7, 11) is 0. The van der Waals surface area contributed by atoms with Crippen molar-refractivity contribution in [2.45, 2.75) is 47.4 Å². The molecule has 0 aliphatic rings. The lowest BCUT2D eigenvalue weighted by molar-refractivity contribution is -0.571. The topological polar surface area (TPSA) is 35.9 Å². The van der Waals surface area contributed by atoms with Crippen LogP contribution in [0.15, 0.2) is 182 Å². The minimum Gasteiger partial charge on any atom is -0.458 e. The Bertz CT molecular complexity index is 3880. The van der Waals surface area contributed by atoms with E-state index in [1.54, 1.807) is 95.9 Å². The number of hydrogen-bond acceptors (Lipinski definition) is 2. The van der Waals surface area contributed by atoms with Crippen molar-refractivity contribution in [2.75, 3.05) is 0 Å². The molecule has 10 rings (SSSR count). The molecule has 0 fully saturated rings. The molecule has 7 aromatic carbocycles. The van der Waals surface area contributed by atoms with Crippen LogP contribution in [0.5, 0.6) is 11.5 Å². The van der Waals surface area contributed by atoms with Gasteiger partial charge in [0.1, 0.15) is 17.3 Å². The smallest absolute Gasteiger partial charge is 0.269 e. The van der Waals surface area contributed by atoms with Gasteiger partial charge in [0, 0.05) is 28.5 Å². The number of fused-ring (bicyclic) bond motifs is 4. The normalized spacial score (nSPS) is 15.6. The van der Waals surface area contributed by atoms with Crippen LogP contribution in [0.4, 0.5) is 0 Å². The number of benzene rings is 7. The molecule has 0 amide bonds. The lowest BCUT2D eigenvalue weighted by atomic mass is 9.88. The van der Waals surface area contributed by atoms with Gasteiger partial charge < -0.3 is 4.74 Å². The molecule has 3 aromatic heterocycles. The van der Waals surface area contributed by atoms with Gasteiger partial charge in [-0.3, -0.25) is 13.7 Å². The summed E-state index contributed by atoms with van der Waals surface area (Å²) < 4.78 is 136. The zero-order valence-corrected chi connectivity index (χ0v) is 34.8. The first kappa shape index (κ1) is 26.2. The Labute approximate surface area is 383 Å². The second-order valence-corrected chi connectivity index (χ2v) is 16.4. The van der Waals surface area contributed by atoms with Gasteiger partial charge in [-0.25, -0.2) is 4.98 Å². The van der Waals surface area contributed by atoms with Gasteiger partial charge in [0.05, 0.1) is 47.1 Å². The quantitative estimate of drug-likeness (QED) is 0.102. The van der Waals surface area contributed by atoms with Gasteiger partial charge in [-0.05, 0) is 106 Å². The van der Waals surface area contributed by atoms with Crippen LogP contribution in [0.2, 0.25) is 0 Å². The molecule has 0 aliphatic heterocycles. The fourth-order valence-corrected chi connectivity index (χ4v) is 7.98. The number of nitrogens with zero attached hydrogens (tertiary/aromatic N) is 4. The molecule has 0 spiro atoms. The number of para-hydroxylation sites is 2. The largest absolute Gasteiger partial charge is 0.458 e. The van der Waals surface area contributed by atoms with E-state index in [0.29, 0.717) is 45.2 Å². The second kappa shape index (κ2) is 16.0. The zero-order chi connectivity index (χ0) is 54.7. The van der Waals surface area contributed by atoms with Crippen LogP contribution in [-0.2, 0) is 12.7 Å². The average Bonchev–Trinajstić information content (AvgIpc) is 4.06. The standard InChI is InChI=1S/C57H50N4O/c1-39(2)32-40-26-29-52-54(33-40)59(38-60(52)56-47(42-16-8-6-9-17-42)23-15-24-48(56)43-18-10-7-11-19-43)44-20-14-21-45(35-44)62-46-27-28-50-49-22-12-13-25-51(49)61(53(50)36-46)55-34-41(30-31-58-55)37-57(3,4)5/h6-31,33-36,39H,32,37H2,1-5H3/i6D,7D,8D,9D,10D,11D,16D,17D,18D,19D,32D2,37D2. The van der Waals surface area contributed by atoms with Crippen molar-refractivity contribution in [3.8, 4) is 50.9 Å². The summed E-state index contributed by atoms with van der Waals surface area (Å²) in [5.74, 6) is 0.940. The van der Waals surface area contributed by atoms with E-state index in [1.165, 1.54) is 6.07 Å². The van der Waals surface area contributed by atoms with E-state index in [1.807, 2.05) is 67.8 Å². The highest BCUT2D eigenvalue weighted by Gasteiger charge is 2.21. The molecule has 0 N–H and O–H groups in total. The summed E-state index contributed by atoms with van der Waals surface area (Å²) in [6, 6.07) is 28.1. The van der Waals surface area contributed by atoms with Gasteiger partial charge in [-0.15, -0.1) is 0 Å². The van der Waals surface area contributed by atoms with Gasteiger partial charge in [0.15, 0.2) is 0 Å². The first-order chi connectivity index (χ1) is 35.8. The van der Waals surface area contributed by atoms with E-state index in [0.717, 1.165) is 21.8 Å². The SMILES string of the molecule is [2H]c1c([2H])c([2H])c(-c2cccc(-c3c([2H])c([2H])c([2H])c([2H])c3[2H])c2-[n+]2[c-]n(-c3cccc(Oc4ccc5c6ccccc6n(-c6cc(C([2H])([2H])C(C)(C)C)ccn6)c5c4)c3)c3cc(C([2H])([2H])C(C)C)ccc32)c([2H])c1[2H]. The molecule has 5 heteroatoms. The van der Waals surface area contributed by atoms with Gasteiger partial charge in [0.2, 0.25) is 0 Å². The Morgan fingerprint density at radius 1 is 0.677 bits per heavy atom. The highest BCUT2D eigenvalue weighted by molar-refractivity contribution is 6.09. The maximum Gasteiger partial charge on any atom is 0.269 e. The molecule has 0 atom stereocenters. The van der Waals surface area contributed by atoms with E-state index in [2.05, 4.69) is 6.33 Å². The van der Waals surface area contributed by atoms with Crippen molar-refractivity contribution >= 4 is 32.8 Å². The monoisotopic (exact) mass is 820 g/mol. The number of pyridine rings is 1. The third-order valence-corrected chi connectivity index (χ3v) is 10.4. The predicted octanol–water partition coefficient (Wildman–Crippen LogP) is 14.1. The summed E-state index contributed by atoms with van der Waals surface area (Å²) in [4.78, 5) is 4.74. The van der Waals surface area contributed by atoms with Crippen LogP contribution >= 0.6 is 0 Å². The molecule has 0 saturated heterocycles. The Kier molecular flexibility index (Phi) is 6.75. The van der Waals surface area contributed by atoms with Crippen molar-refractivity contribution < 1.29 is 28.5 Å². The van der Waals surface area contributed by atoms with Gasteiger partial charge >= 0.3 is 0 Å². The molecule has 62 heavy (non-hydrogen) atoms. The first-order valence-electron chi connectivity index (χ1n) is 27.4. The van der Waals surface area contributed by atoms with Crippen molar-refractivity contribution in [1.82, 2.24) is 14.1 Å². The molecule has 0 radical (unpaired) electrons. The van der Waals surface area contributed by atoms with E-state index < -0.39 is 84.5 Å². The lowest BCUT2D eigenvalue weighted by Crippen LogP contribution is -2.31. The summed E-state index contributed by atoms with van der Waals surface area (Å²) in [6.45, 7) is 9.14. The van der Waals surface area contributed by atoms with Crippen LogP contribution in [0.3, 0.4) is 0 Å². The van der Waals surface area contributed by atoms with Crippen LogP contribution in [0.1, 0.15) is 64.9 Å². The summed E-state index contributed by atoms with van der Waals surface area (Å²) in [5, 5.41) is 1.88. The number of rotatable bonds is 10. The second-order valence-electron chi connectivity index (χ2n) is 16.4. The molecular weight excluding hydrogens is 757 g/mol. The van der Waals surface area contributed by atoms with Crippen LogP contribution in [0, 0.1) is 17.7 Å². The van der Waals surface area contributed by atoms with Gasteiger partial charge in [0.25, 0.3) is 6.33 Å². The zero-order valence-electron chi connectivity index (χ0n) is 48.8. The van der Waals surface area contributed by atoms with Crippen molar-refractivity contribution in [2.24, 2.45) is 11.3 Å². The Morgan fingerprint density at radius 3 is 2.10 bits per heavy atom. The minimum atomic E-state index is -1.82. The average molecular weight is 821 g/mol. The molecule has 0 saturated carbocycles. The Balaban J connectivity index is 1.19. The number of hydrogen-bond donors (Lipinski definition) is 0. The van der Waals surface area contributed by atoms with E-state index >= 15 is 0 Å². The lowest BCUT2D eigenvalue weighted by Gasteiger charge is -2.18. The third-order valence-electron chi connectivity index (χ3n) is 10.4. The van der Waals surface area contributed by atoms with Crippen molar-refractivity contribution in [1.29, 1.82) is 0 Å². The van der Waals surface area contributed by atoms with E-state index in [4.69, 9.17) is 28.9 Å². The van der Waals surface area contributed by atoms with E-state index in [-0.39, 0.29) is 27.9 Å². The maximum absolute atomic E-state index is 9.14.